The van der Waals surface area contributed by atoms with Crippen molar-refractivity contribution >= 4 is 11.9 Å². The predicted octanol–water partition coefficient (Wildman–Crippen LogP) is 5.68. The molecule has 1 heterocycles. The molecule has 0 unspecified atom stereocenters. The molecular weight excluding hydrogens is 454 g/mol. The van der Waals surface area contributed by atoms with Crippen molar-refractivity contribution in [1.82, 2.24) is 15.3 Å². The zero-order chi connectivity index (χ0) is 25.8. The van der Waals surface area contributed by atoms with Gasteiger partial charge in [-0.25, -0.2) is 9.97 Å². The van der Waals surface area contributed by atoms with Crippen LogP contribution in [-0.4, -0.2) is 39.6 Å². The lowest BCUT2D eigenvalue weighted by molar-refractivity contribution is -0.141. The number of carbonyl (C=O) groups excluding carboxylic acids is 1. The van der Waals surface area contributed by atoms with Gasteiger partial charge in [-0.3, -0.25) is 9.59 Å². The van der Waals surface area contributed by atoms with E-state index in [4.69, 9.17) is 9.84 Å². The van der Waals surface area contributed by atoms with Gasteiger partial charge < -0.3 is 15.2 Å². The molecule has 3 aromatic rings. The number of nitrogens with zero attached hydrogens (tertiary/aromatic N) is 2. The summed E-state index contributed by atoms with van der Waals surface area (Å²) in [7, 11) is 0. The number of rotatable bonds is 14. The molecule has 0 aliphatic carbocycles. The standard InChI is InChI=1S/C29H35N3O4/c1-3-4-5-6-7-18-36-26-15-13-23(14-16-26)25-19-30-28(31-20-25)24-11-8-22(9-12-24)10-17-27(33)32-21(2)29(34)35/h8-9,11-16,19-21H,3-7,10,17-18H2,1-2H3,(H,32,33)(H,34,35)/t21-/m0/s1. The van der Waals surface area contributed by atoms with E-state index in [0.29, 0.717) is 12.2 Å². The summed E-state index contributed by atoms with van der Waals surface area (Å²) in [5, 5.41) is 11.3. The van der Waals surface area contributed by atoms with Crippen LogP contribution in [0.5, 0.6) is 5.75 Å². The summed E-state index contributed by atoms with van der Waals surface area (Å²) >= 11 is 0. The Kier molecular flexibility index (Phi) is 10.4. The number of hydrogen-bond acceptors (Lipinski definition) is 5. The van der Waals surface area contributed by atoms with Crippen LogP contribution in [0.25, 0.3) is 22.5 Å². The fourth-order valence-corrected chi connectivity index (χ4v) is 3.72. The normalized spacial score (nSPS) is 11.6. The third-order valence-corrected chi connectivity index (χ3v) is 5.96. The second-order valence-corrected chi connectivity index (χ2v) is 8.91. The molecule has 7 nitrogen and oxygen atoms in total. The topological polar surface area (TPSA) is 101 Å². The van der Waals surface area contributed by atoms with Gasteiger partial charge >= 0.3 is 5.97 Å². The number of aryl methyl sites for hydroxylation is 1. The Morgan fingerprint density at radius 2 is 1.53 bits per heavy atom. The van der Waals surface area contributed by atoms with Crippen molar-refractivity contribution in [3.8, 4) is 28.3 Å². The molecule has 0 saturated heterocycles. The molecule has 2 aromatic carbocycles. The van der Waals surface area contributed by atoms with Gasteiger partial charge in [0.25, 0.3) is 0 Å². The number of nitrogens with one attached hydrogen (secondary N) is 1. The number of carboxylic acids is 1. The first kappa shape index (κ1) is 26.9. The number of ether oxygens (including phenoxy) is 1. The highest BCUT2D eigenvalue weighted by molar-refractivity contribution is 5.83. The highest BCUT2D eigenvalue weighted by Gasteiger charge is 2.13. The van der Waals surface area contributed by atoms with Gasteiger partial charge in [-0.05, 0) is 43.0 Å². The molecule has 0 radical (unpaired) electrons. The van der Waals surface area contributed by atoms with Crippen molar-refractivity contribution in [3.05, 3.63) is 66.5 Å². The summed E-state index contributed by atoms with van der Waals surface area (Å²) in [6.07, 6.45) is 10.5. The first-order valence-electron chi connectivity index (χ1n) is 12.6. The summed E-state index contributed by atoms with van der Waals surface area (Å²) in [4.78, 5) is 31.8. The molecule has 7 heteroatoms. The number of hydrogen-bond donors (Lipinski definition) is 2. The number of aromatic nitrogens is 2. The molecule has 1 amide bonds. The van der Waals surface area contributed by atoms with E-state index in [2.05, 4.69) is 22.2 Å². The van der Waals surface area contributed by atoms with Gasteiger partial charge in [0.1, 0.15) is 11.8 Å². The van der Waals surface area contributed by atoms with Gasteiger partial charge in [0, 0.05) is 29.9 Å². The van der Waals surface area contributed by atoms with Crippen molar-refractivity contribution < 1.29 is 19.4 Å². The first-order chi connectivity index (χ1) is 17.5. The average Bonchev–Trinajstić information content (AvgIpc) is 2.90. The number of carbonyl (C=O) groups is 2. The van der Waals surface area contributed by atoms with E-state index >= 15 is 0 Å². The predicted molar refractivity (Wildman–Crippen MR) is 141 cm³/mol. The van der Waals surface area contributed by atoms with Gasteiger partial charge in [0.05, 0.1) is 6.61 Å². The molecule has 0 spiro atoms. The van der Waals surface area contributed by atoms with E-state index in [1.54, 1.807) is 0 Å². The number of aliphatic carboxylic acids is 1. The van der Waals surface area contributed by atoms with Crippen LogP contribution in [0.15, 0.2) is 60.9 Å². The molecule has 36 heavy (non-hydrogen) atoms. The molecule has 0 saturated carbocycles. The zero-order valence-corrected chi connectivity index (χ0v) is 21.1. The molecule has 3 rings (SSSR count). The van der Waals surface area contributed by atoms with Crippen LogP contribution in [0.3, 0.4) is 0 Å². The molecule has 190 valence electrons. The molecule has 0 fully saturated rings. The Morgan fingerprint density at radius 3 is 2.17 bits per heavy atom. The monoisotopic (exact) mass is 489 g/mol. The van der Waals surface area contributed by atoms with Crippen LogP contribution < -0.4 is 10.1 Å². The maximum atomic E-state index is 11.9. The molecule has 2 N–H and O–H groups in total. The lowest BCUT2D eigenvalue weighted by atomic mass is 10.1. The lowest BCUT2D eigenvalue weighted by Gasteiger charge is -2.09. The average molecular weight is 490 g/mol. The number of benzene rings is 2. The van der Waals surface area contributed by atoms with Crippen molar-refractivity contribution in [2.24, 2.45) is 0 Å². The second kappa shape index (κ2) is 14.0. The summed E-state index contributed by atoms with van der Waals surface area (Å²) in [6.45, 7) is 4.41. The van der Waals surface area contributed by atoms with E-state index in [-0.39, 0.29) is 12.3 Å². The number of unbranched alkanes of at least 4 members (excludes halogenated alkanes) is 4. The quantitative estimate of drug-likeness (QED) is 0.283. The lowest BCUT2D eigenvalue weighted by Crippen LogP contribution is -2.38. The van der Waals surface area contributed by atoms with Crippen LogP contribution in [0.4, 0.5) is 0 Å². The van der Waals surface area contributed by atoms with Gasteiger partial charge in [-0.2, -0.15) is 0 Å². The highest BCUT2D eigenvalue weighted by Crippen LogP contribution is 2.23. The Labute approximate surface area is 213 Å². The van der Waals surface area contributed by atoms with Crippen LogP contribution in [-0.2, 0) is 16.0 Å². The first-order valence-corrected chi connectivity index (χ1v) is 12.6. The minimum atomic E-state index is -1.05. The zero-order valence-electron chi connectivity index (χ0n) is 21.1. The van der Waals surface area contributed by atoms with Crippen molar-refractivity contribution in [2.75, 3.05) is 6.61 Å². The smallest absolute Gasteiger partial charge is 0.325 e. The third-order valence-electron chi connectivity index (χ3n) is 5.96. The SMILES string of the molecule is CCCCCCCOc1ccc(-c2cnc(-c3ccc(CCC(=O)N[C@@H](C)C(=O)O)cc3)nc2)cc1. The summed E-state index contributed by atoms with van der Waals surface area (Å²) < 4.78 is 5.84. The molecular formula is C29H35N3O4. The van der Waals surface area contributed by atoms with Gasteiger partial charge in [-0.15, -0.1) is 0 Å². The Bertz CT molecular complexity index is 1100. The maximum Gasteiger partial charge on any atom is 0.325 e. The molecule has 0 aliphatic rings. The van der Waals surface area contributed by atoms with Crippen LogP contribution in [0.1, 0.15) is 57.9 Å². The van der Waals surface area contributed by atoms with Crippen molar-refractivity contribution in [1.29, 1.82) is 0 Å². The molecule has 1 atom stereocenters. The Morgan fingerprint density at radius 1 is 0.889 bits per heavy atom. The Hall–Kier alpha value is -3.74. The van der Waals surface area contributed by atoms with Gasteiger partial charge in [0.2, 0.25) is 5.91 Å². The number of carboxylic acid groups (broad SMARTS) is 1. The van der Waals surface area contributed by atoms with E-state index < -0.39 is 12.0 Å². The van der Waals surface area contributed by atoms with Gasteiger partial charge in [0.15, 0.2) is 5.82 Å². The largest absolute Gasteiger partial charge is 0.494 e. The Balaban J connectivity index is 1.49. The van der Waals surface area contributed by atoms with E-state index in [9.17, 15) is 9.59 Å². The summed E-state index contributed by atoms with van der Waals surface area (Å²) in [5.41, 5.74) is 3.83. The van der Waals surface area contributed by atoms with Crippen LogP contribution in [0, 0.1) is 0 Å². The third kappa shape index (κ3) is 8.48. The summed E-state index contributed by atoms with van der Waals surface area (Å²) in [6, 6.07) is 14.8. The molecule has 1 aromatic heterocycles. The van der Waals surface area contributed by atoms with Crippen LogP contribution >= 0.6 is 0 Å². The van der Waals surface area contributed by atoms with E-state index in [0.717, 1.165) is 41.0 Å². The highest BCUT2D eigenvalue weighted by atomic mass is 16.5. The molecule has 0 aliphatic heterocycles. The van der Waals surface area contributed by atoms with E-state index in [1.165, 1.54) is 32.6 Å². The van der Waals surface area contributed by atoms with Gasteiger partial charge in [-0.1, -0.05) is 69.0 Å². The number of amides is 1. The minimum absolute atomic E-state index is 0.227. The van der Waals surface area contributed by atoms with Crippen molar-refractivity contribution in [3.63, 3.8) is 0 Å². The summed E-state index contributed by atoms with van der Waals surface area (Å²) in [5.74, 6) is 0.172. The maximum absolute atomic E-state index is 11.9. The second-order valence-electron chi connectivity index (χ2n) is 8.91. The fraction of sp³-hybridized carbons (Fsp3) is 0.379. The van der Waals surface area contributed by atoms with Crippen molar-refractivity contribution in [2.45, 2.75) is 64.8 Å². The fourth-order valence-electron chi connectivity index (χ4n) is 3.72. The molecule has 0 bridgehead atoms. The van der Waals surface area contributed by atoms with E-state index in [1.807, 2.05) is 60.9 Å². The van der Waals surface area contributed by atoms with Crippen LogP contribution in [0.2, 0.25) is 0 Å². The minimum Gasteiger partial charge on any atom is -0.494 e.